The van der Waals surface area contributed by atoms with Gasteiger partial charge in [0.1, 0.15) is 0 Å². The van der Waals surface area contributed by atoms with Crippen LogP contribution in [0.4, 0.5) is 0 Å². The molecule has 15 heavy (non-hydrogen) atoms. The molecule has 0 saturated heterocycles. The second-order valence-electron chi connectivity index (χ2n) is 3.35. The van der Waals surface area contributed by atoms with Gasteiger partial charge in [0, 0.05) is 24.5 Å². The Bertz CT molecular complexity index is 276. The van der Waals surface area contributed by atoms with Crippen molar-refractivity contribution in [2.24, 2.45) is 0 Å². The number of rotatable bonds is 7. The largest absolute Gasteiger partial charge is 0.310 e. The number of aryl methyl sites for hydroxylation is 1. The van der Waals surface area contributed by atoms with Crippen LogP contribution in [0.2, 0.25) is 0 Å². The zero-order valence-corrected chi connectivity index (χ0v) is 10.4. The van der Waals surface area contributed by atoms with Crippen molar-refractivity contribution in [1.29, 1.82) is 0 Å². The van der Waals surface area contributed by atoms with Gasteiger partial charge >= 0.3 is 0 Å². The van der Waals surface area contributed by atoms with E-state index < -0.39 is 0 Å². The number of pyridine rings is 1. The monoisotopic (exact) mass is 224 g/mol. The molecule has 1 aromatic rings. The maximum atomic E-state index is 4.54. The van der Waals surface area contributed by atoms with Gasteiger partial charge in [-0.15, -0.1) is 0 Å². The minimum absolute atomic E-state index is 0.887. The molecule has 2 nitrogen and oxygen atoms in total. The van der Waals surface area contributed by atoms with Crippen molar-refractivity contribution < 1.29 is 0 Å². The summed E-state index contributed by atoms with van der Waals surface area (Å²) in [5, 5.41) is 3.40. The molecule has 3 heteroatoms. The predicted molar refractivity (Wildman–Crippen MR) is 68.3 cm³/mol. The van der Waals surface area contributed by atoms with E-state index in [0.717, 1.165) is 25.2 Å². The lowest BCUT2D eigenvalue weighted by atomic mass is 10.2. The van der Waals surface area contributed by atoms with Gasteiger partial charge in [0.15, 0.2) is 0 Å². The molecule has 1 N–H and O–H groups in total. The number of hydrogen-bond donors (Lipinski definition) is 1. The molecule has 0 unspecified atom stereocenters. The molecule has 1 aromatic heterocycles. The van der Waals surface area contributed by atoms with Gasteiger partial charge < -0.3 is 5.32 Å². The van der Waals surface area contributed by atoms with Gasteiger partial charge in [0.05, 0.1) is 5.69 Å². The van der Waals surface area contributed by atoms with Crippen LogP contribution in [0.5, 0.6) is 0 Å². The van der Waals surface area contributed by atoms with Crippen LogP contribution in [0, 0.1) is 0 Å². The van der Waals surface area contributed by atoms with Crippen LogP contribution in [0.3, 0.4) is 0 Å². The summed E-state index contributed by atoms with van der Waals surface area (Å²) in [6.07, 6.45) is 1.01. The summed E-state index contributed by atoms with van der Waals surface area (Å²) in [6, 6.07) is 6.25. The zero-order chi connectivity index (χ0) is 10.9. The third-order valence-electron chi connectivity index (χ3n) is 2.16. The standard InChI is InChI=1S/C12H20N2S/c1-3-11-6-5-7-12(14-11)10-13-8-9-15-4-2/h5-7,13H,3-4,8-10H2,1-2H3. The van der Waals surface area contributed by atoms with Crippen molar-refractivity contribution in [1.82, 2.24) is 10.3 Å². The minimum atomic E-state index is 0.887. The maximum Gasteiger partial charge on any atom is 0.0544 e. The first-order valence-corrected chi connectivity index (χ1v) is 6.75. The lowest BCUT2D eigenvalue weighted by Gasteiger charge is -2.04. The highest BCUT2D eigenvalue weighted by atomic mass is 32.2. The van der Waals surface area contributed by atoms with Crippen molar-refractivity contribution in [3.8, 4) is 0 Å². The van der Waals surface area contributed by atoms with Gasteiger partial charge in [0.25, 0.3) is 0 Å². The van der Waals surface area contributed by atoms with Crippen LogP contribution in [0.1, 0.15) is 25.2 Å². The summed E-state index contributed by atoms with van der Waals surface area (Å²) in [5.41, 5.74) is 2.33. The third-order valence-corrected chi connectivity index (χ3v) is 3.06. The van der Waals surface area contributed by atoms with E-state index in [2.05, 4.69) is 42.3 Å². The summed E-state index contributed by atoms with van der Waals surface area (Å²) in [7, 11) is 0. The minimum Gasteiger partial charge on any atom is -0.310 e. The van der Waals surface area contributed by atoms with E-state index in [1.165, 1.54) is 17.2 Å². The van der Waals surface area contributed by atoms with Crippen LogP contribution >= 0.6 is 11.8 Å². The lowest BCUT2D eigenvalue weighted by molar-refractivity contribution is 0.711. The fourth-order valence-electron chi connectivity index (χ4n) is 1.33. The topological polar surface area (TPSA) is 24.9 Å². The molecule has 0 saturated carbocycles. The molecular weight excluding hydrogens is 204 g/mol. The van der Waals surface area contributed by atoms with Gasteiger partial charge in [-0.05, 0) is 24.3 Å². The Morgan fingerprint density at radius 3 is 2.80 bits per heavy atom. The van der Waals surface area contributed by atoms with Crippen LogP contribution in [-0.2, 0) is 13.0 Å². The predicted octanol–water partition coefficient (Wildman–Crippen LogP) is 2.49. The van der Waals surface area contributed by atoms with Crippen molar-refractivity contribution in [3.05, 3.63) is 29.6 Å². The van der Waals surface area contributed by atoms with E-state index in [-0.39, 0.29) is 0 Å². The second-order valence-corrected chi connectivity index (χ2v) is 4.74. The van der Waals surface area contributed by atoms with Gasteiger partial charge in [0.2, 0.25) is 0 Å². The lowest BCUT2D eigenvalue weighted by Crippen LogP contribution is -2.17. The SMILES string of the molecule is CCSCCNCc1cccc(CC)n1. The smallest absolute Gasteiger partial charge is 0.0544 e. The van der Waals surface area contributed by atoms with E-state index in [4.69, 9.17) is 0 Å². The quantitative estimate of drug-likeness (QED) is 0.720. The number of aromatic nitrogens is 1. The molecule has 0 atom stereocenters. The van der Waals surface area contributed by atoms with E-state index in [1.807, 2.05) is 11.8 Å². The fourth-order valence-corrected chi connectivity index (χ4v) is 1.91. The number of hydrogen-bond acceptors (Lipinski definition) is 3. The summed E-state index contributed by atoms with van der Waals surface area (Å²) in [5.74, 6) is 2.38. The Morgan fingerprint density at radius 1 is 1.27 bits per heavy atom. The Labute approximate surface area is 96.9 Å². The first-order chi connectivity index (χ1) is 7.36. The molecule has 0 aromatic carbocycles. The van der Waals surface area contributed by atoms with Crippen molar-refractivity contribution in [2.75, 3.05) is 18.1 Å². The Hall–Kier alpha value is -0.540. The Balaban J connectivity index is 2.24. The molecule has 84 valence electrons. The molecule has 0 fully saturated rings. The summed E-state index contributed by atoms with van der Waals surface area (Å²) < 4.78 is 0. The number of thioether (sulfide) groups is 1. The van der Waals surface area contributed by atoms with Gasteiger partial charge in [-0.25, -0.2) is 0 Å². The van der Waals surface area contributed by atoms with Crippen LogP contribution in [-0.4, -0.2) is 23.0 Å². The average molecular weight is 224 g/mol. The van der Waals surface area contributed by atoms with Crippen molar-refractivity contribution in [2.45, 2.75) is 26.8 Å². The molecule has 1 heterocycles. The van der Waals surface area contributed by atoms with E-state index in [1.54, 1.807) is 0 Å². The molecule has 0 amide bonds. The van der Waals surface area contributed by atoms with Crippen LogP contribution in [0.15, 0.2) is 18.2 Å². The highest BCUT2D eigenvalue weighted by Crippen LogP contribution is 2.00. The van der Waals surface area contributed by atoms with Crippen LogP contribution < -0.4 is 5.32 Å². The first kappa shape index (κ1) is 12.5. The molecular formula is C12H20N2S. The highest BCUT2D eigenvalue weighted by molar-refractivity contribution is 7.99. The highest BCUT2D eigenvalue weighted by Gasteiger charge is 1.95. The Morgan fingerprint density at radius 2 is 2.07 bits per heavy atom. The summed E-state index contributed by atoms with van der Waals surface area (Å²) in [6.45, 7) is 6.28. The third kappa shape index (κ3) is 5.19. The van der Waals surface area contributed by atoms with Crippen LogP contribution in [0.25, 0.3) is 0 Å². The number of nitrogens with one attached hydrogen (secondary N) is 1. The second kappa shape index (κ2) is 7.71. The normalized spacial score (nSPS) is 10.5. The van der Waals surface area contributed by atoms with E-state index >= 15 is 0 Å². The van der Waals surface area contributed by atoms with Crippen molar-refractivity contribution >= 4 is 11.8 Å². The van der Waals surface area contributed by atoms with Crippen molar-refractivity contribution in [3.63, 3.8) is 0 Å². The molecule has 0 bridgehead atoms. The summed E-state index contributed by atoms with van der Waals surface area (Å²) >= 11 is 1.97. The average Bonchev–Trinajstić information content (AvgIpc) is 2.29. The molecule has 0 spiro atoms. The number of nitrogens with zero attached hydrogens (tertiary/aromatic N) is 1. The molecule has 0 aliphatic carbocycles. The van der Waals surface area contributed by atoms with E-state index in [9.17, 15) is 0 Å². The van der Waals surface area contributed by atoms with E-state index in [0.29, 0.717) is 0 Å². The van der Waals surface area contributed by atoms with Gasteiger partial charge in [-0.1, -0.05) is 19.9 Å². The fraction of sp³-hybridized carbons (Fsp3) is 0.583. The first-order valence-electron chi connectivity index (χ1n) is 5.60. The zero-order valence-electron chi connectivity index (χ0n) is 9.62. The molecule has 0 aliphatic rings. The summed E-state index contributed by atoms with van der Waals surface area (Å²) in [4.78, 5) is 4.54. The molecule has 0 radical (unpaired) electrons. The maximum absolute atomic E-state index is 4.54. The van der Waals surface area contributed by atoms with Gasteiger partial charge in [-0.2, -0.15) is 11.8 Å². The van der Waals surface area contributed by atoms with Gasteiger partial charge in [-0.3, -0.25) is 4.98 Å². The molecule has 1 rings (SSSR count). The molecule has 0 aliphatic heterocycles. The Kier molecular flexibility index (Phi) is 6.44.